The molecule has 0 bridgehead atoms. The van der Waals surface area contributed by atoms with Gasteiger partial charge in [-0.25, -0.2) is 4.79 Å². The molecule has 0 spiro atoms. The number of hydrogen-bond acceptors (Lipinski definition) is 7. The number of para-hydroxylation sites is 2. The molecular weight excluding hydrogens is 560 g/mol. The van der Waals surface area contributed by atoms with Gasteiger partial charge < -0.3 is 47.0 Å². The third kappa shape index (κ3) is 7.55. The highest BCUT2D eigenvalue weighted by Gasteiger charge is 2.31. The molecule has 2 aromatic heterocycles. The monoisotopic (exact) mass is 592 g/mol. The zero-order chi connectivity index (χ0) is 31.1. The number of aromatic amines is 2. The third-order valence-corrected chi connectivity index (χ3v) is 6.99. The molecule has 14 heteroatoms. The lowest BCUT2D eigenvalue weighted by Crippen LogP contribution is -2.58. The maximum absolute atomic E-state index is 13.0. The summed E-state index contributed by atoms with van der Waals surface area (Å²) in [5.74, 6) is -5.66. The minimum atomic E-state index is -1.64. The quantitative estimate of drug-likeness (QED) is 0.0938. The smallest absolute Gasteiger partial charge is 0.326 e. The zero-order valence-corrected chi connectivity index (χ0v) is 22.9. The Morgan fingerprint density at radius 2 is 1.19 bits per heavy atom. The molecule has 14 nitrogen and oxygen atoms in total. The molecule has 4 unspecified atom stereocenters. The van der Waals surface area contributed by atoms with E-state index < -0.39 is 66.9 Å². The van der Waals surface area contributed by atoms with Gasteiger partial charge in [0.2, 0.25) is 17.7 Å². The van der Waals surface area contributed by atoms with Crippen molar-refractivity contribution in [2.75, 3.05) is 6.61 Å². The van der Waals surface area contributed by atoms with Crippen molar-refractivity contribution in [3.05, 3.63) is 72.1 Å². The number of carboxylic acid groups (broad SMARTS) is 2. The number of aliphatic carboxylic acids is 2. The normalized spacial score (nSPS) is 14.0. The molecule has 3 amide bonds. The maximum Gasteiger partial charge on any atom is 0.326 e. The summed E-state index contributed by atoms with van der Waals surface area (Å²) >= 11 is 0. The van der Waals surface area contributed by atoms with Crippen LogP contribution in [0.1, 0.15) is 17.5 Å². The molecule has 2 heterocycles. The number of amides is 3. The summed E-state index contributed by atoms with van der Waals surface area (Å²) in [6.45, 7) is -0.926. The molecule has 10 N–H and O–H groups in total. The van der Waals surface area contributed by atoms with Gasteiger partial charge in [0.25, 0.3) is 0 Å². The molecule has 0 radical (unpaired) electrons. The fourth-order valence-electron chi connectivity index (χ4n) is 4.75. The Labute approximate surface area is 244 Å². The number of aliphatic hydroxyl groups excluding tert-OH is 1. The average Bonchev–Trinajstić information content (AvgIpc) is 3.58. The SMILES string of the molecule is NC(Cc1c[nH]c2ccccc12)C(=O)NC(CC(=O)O)C(=O)NC(CO)C(=O)NC(Cc1c[nH]c2ccccc12)C(=O)O. The van der Waals surface area contributed by atoms with Crippen molar-refractivity contribution in [3.63, 3.8) is 0 Å². The fourth-order valence-corrected chi connectivity index (χ4v) is 4.75. The van der Waals surface area contributed by atoms with Crippen LogP contribution < -0.4 is 21.7 Å². The maximum atomic E-state index is 13.0. The van der Waals surface area contributed by atoms with Crippen LogP contribution >= 0.6 is 0 Å². The number of carboxylic acids is 2. The molecule has 4 rings (SSSR count). The van der Waals surface area contributed by atoms with Gasteiger partial charge in [0.1, 0.15) is 18.1 Å². The van der Waals surface area contributed by atoms with Crippen molar-refractivity contribution in [3.8, 4) is 0 Å². The minimum Gasteiger partial charge on any atom is -0.481 e. The fraction of sp³-hybridized carbons (Fsp3) is 0.276. The van der Waals surface area contributed by atoms with E-state index in [4.69, 9.17) is 5.73 Å². The van der Waals surface area contributed by atoms with Crippen LogP contribution in [0.15, 0.2) is 60.9 Å². The van der Waals surface area contributed by atoms with E-state index in [1.165, 1.54) is 0 Å². The van der Waals surface area contributed by atoms with Crippen LogP contribution in [-0.2, 0) is 36.8 Å². The van der Waals surface area contributed by atoms with Crippen molar-refractivity contribution in [2.45, 2.75) is 43.4 Å². The lowest BCUT2D eigenvalue weighted by molar-refractivity contribution is -0.143. The van der Waals surface area contributed by atoms with Crippen LogP contribution in [-0.4, -0.2) is 85.7 Å². The molecule has 0 saturated carbocycles. The molecule has 0 aliphatic heterocycles. The number of benzene rings is 2. The molecule has 0 saturated heterocycles. The second-order valence-electron chi connectivity index (χ2n) is 10.0. The summed E-state index contributed by atoms with van der Waals surface area (Å²) in [6, 6.07) is 8.76. The average molecular weight is 593 g/mol. The number of hydrogen-bond donors (Lipinski definition) is 9. The molecule has 0 aliphatic carbocycles. The van der Waals surface area contributed by atoms with Crippen LogP contribution in [0, 0.1) is 0 Å². The Morgan fingerprint density at radius 3 is 1.72 bits per heavy atom. The summed E-state index contributed by atoms with van der Waals surface area (Å²) in [4.78, 5) is 68.2. The van der Waals surface area contributed by atoms with Gasteiger partial charge >= 0.3 is 11.9 Å². The molecule has 4 atom stereocenters. The summed E-state index contributed by atoms with van der Waals surface area (Å²) in [5.41, 5.74) is 9.05. The van der Waals surface area contributed by atoms with E-state index in [9.17, 15) is 39.3 Å². The Balaban J connectivity index is 1.39. The topological polar surface area (TPSA) is 240 Å². The number of carbonyl (C=O) groups is 5. The minimum absolute atomic E-state index is 0.0892. The molecule has 43 heavy (non-hydrogen) atoms. The Morgan fingerprint density at radius 1 is 0.698 bits per heavy atom. The molecule has 0 aliphatic rings. The number of H-pyrrole nitrogens is 2. The highest BCUT2D eigenvalue weighted by atomic mass is 16.4. The number of carbonyl (C=O) groups excluding carboxylic acids is 3. The van der Waals surface area contributed by atoms with Gasteiger partial charge in [-0.3, -0.25) is 19.2 Å². The van der Waals surface area contributed by atoms with Crippen molar-refractivity contribution in [1.82, 2.24) is 25.9 Å². The Hall–Kier alpha value is -5.21. The van der Waals surface area contributed by atoms with E-state index in [0.717, 1.165) is 27.4 Å². The van der Waals surface area contributed by atoms with E-state index in [1.807, 2.05) is 36.4 Å². The summed E-state index contributed by atoms with van der Waals surface area (Å²) in [5, 5.41) is 37.3. The first-order valence-corrected chi connectivity index (χ1v) is 13.4. The van der Waals surface area contributed by atoms with Crippen molar-refractivity contribution >= 4 is 51.5 Å². The lowest BCUT2D eigenvalue weighted by Gasteiger charge is -2.23. The van der Waals surface area contributed by atoms with Gasteiger partial charge in [0, 0.05) is 40.6 Å². The molecular formula is C29H32N6O8. The van der Waals surface area contributed by atoms with E-state index in [0.29, 0.717) is 5.56 Å². The first-order valence-electron chi connectivity index (χ1n) is 13.4. The van der Waals surface area contributed by atoms with Gasteiger partial charge in [0.05, 0.1) is 19.1 Å². The molecule has 2 aromatic carbocycles. The number of nitrogens with two attached hydrogens (primary N) is 1. The molecule has 226 valence electrons. The van der Waals surface area contributed by atoms with Crippen molar-refractivity contribution in [2.24, 2.45) is 5.73 Å². The van der Waals surface area contributed by atoms with Crippen LogP contribution in [0.25, 0.3) is 21.8 Å². The van der Waals surface area contributed by atoms with E-state index >= 15 is 0 Å². The van der Waals surface area contributed by atoms with Crippen molar-refractivity contribution < 1.29 is 39.3 Å². The second-order valence-corrected chi connectivity index (χ2v) is 10.0. The number of nitrogens with one attached hydrogen (secondary N) is 5. The predicted molar refractivity (Wildman–Crippen MR) is 155 cm³/mol. The highest BCUT2D eigenvalue weighted by molar-refractivity contribution is 5.96. The number of aliphatic hydroxyl groups is 1. The van der Waals surface area contributed by atoms with E-state index in [2.05, 4.69) is 25.9 Å². The predicted octanol–water partition coefficient (Wildman–Crippen LogP) is -0.232. The lowest BCUT2D eigenvalue weighted by atomic mass is 10.0. The van der Waals surface area contributed by atoms with Crippen LogP contribution in [0.2, 0.25) is 0 Å². The summed E-state index contributed by atoms with van der Waals surface area (Å²) < 4.78 is 0. The summed E-state index contributed by atoms with van der Waals surface area (Å²) in [6.07, 6.45) is 2.48. The van der Waals surface area contributed by atoms with E-state index in [-0.39, 0.29) is 12.8 Å². The zero-order valence-electron chi connectivity index (χ0n) is 22.9. The number of rotatable bonds is 14. The largest absolute Gasteiger partial charge is 0.481 e. The first-order chi connectivity index (χ1) is 20.6. The third-order valence-electron chi connectivity index (χ3n) is 6.99. The molecule has 4 aromatic rings. The van der Waals surface area contributed by atoms with Crippen LogP contribution in [0.3, 0.4) is 0 Å². The van der Waals surface area contributed by atoms with Gasteiger partial charge in [-0.1, -0.05) is 36.4 Å². The Kier molecular flexibility index (Phi) is 9.75. The second kappa shape index (κ2) is 13.6. The highest BCUT2D eigenvalue weighted by Crippen LogP contribution is 2.20. The first kappa shape index (κ1) is 30.7. The number of aromatic nitrogens is 2. The summed E-state index contributed by atoms with van der Waals surface area (Å²) in [7, 11) is 0. The Bertz CT molecular complexity index is 1650. The van der Waals surface area contributed by atoms with Crippen LogP contribution in [0.5, 0.6) is 0 Å². The van der Waals surface area contributed by atoms with Crippen molar-refractivity contribution in [1.29, 1.82) is 0 Å². The van der Waals surface area contributed by atoms with Gasteiger partial charge in [0.15, 0.2) is 0 Å². The van der Waals surface area contributed by atoms with Gasteiger partial charge in [-0.15, -0.1) is 0 Å². The molecule has 0 fully saturated rings. The van der Waals surface area contributed by atoms with E-state index in [1.54, 1.807) is 24.5 Å². The standard InChI is InChI=1S/C29H32N6O8/c30-19(9-15-12-31-20-7-3-1-5-17(15)20)26(39)33-22(11-25(37)38)27(40)35-24(14-36)28(41)34-23(29(42)43)10-16-13-32-21-8-4-2-6-18(16)21/h1-8,12-13,19,22-24,31-32,36H,9-11,14,30H2,(H,33,39)(H,34,41)(H,35,40)(H,37,38)(H,42,43). The van der Waals surface area contributed by atoms with Crippen LogP contribution in [0.4, 0.5) is 0 Å². The van der Waals surface area contributed by atoms with Gasteiger partial charge in [-0.2, -0.15) is 0 Å². The van der Waals surface area contributed by atoms with Gasteiger partial charge in [-0.05, 0) is 29.7 Å². The number of fused-ring (bicyclic) bond motifs is 2.